The number of anilines is 1. The average Bonchev–Trinajstić information content (AvgIpc) is 2.73. The minimum absolute atomic E-state index is 0.311. The van der Waals surface area contributed by atoms with Crippen molar-refractivity contribution in [1.82, 2.24) is 4.90 Å². The number of aromatic nitrogens is 1. The van der Waals surface area contributed by atoms with E-state index in [1.54, 1.807) is 0 Å². The van der Waals surface area contributed by atoms with Crippen LogP contribution >= 0.6 is 0 Å². The van der Waals surface area contributed by atoms with Crippen LogP contribution in [-0.2, 0) is 0 Å². The Morgan fingerprint density at radius 1 is 0.926 bits per heavy atom. The van der Waals surface area contributed by atoms with Gasteiger partial charge in [0.05, 0.1) is 19.3 Å². The lowest BCUT2D eigenvalue weighted by Crippen LogP contribution is -2.50. The van der Waals surface area contributed by atoms with Gasteiger partial charge in [-0.25, -0.2) is 4.98 Å². The number of benzene rings is 2. The quantitative estimate of drug-likeness (QED) is 0.729. The molecule has 2 N–H and O–H groups in total. The van der Waals surface area contributed by atoms with Gasteiger partial charge < -0.3 is 9.84 Å². The van der Waals surface area contributed by atoms with Crippen molar-refractivity contribution in [3.8, 4) is 5.75 Å². The van der Waals surface area contributed by atoms with Crippen molar-refractivity contribution in [1.29, 1.82) is 0 Å². The first-order valence-corrected chi connectivity index (χ1v) is 9.51. The molecule has 0 radical (unpaired) electrons. The highest BCUT2D eigenvalue weighted by Gasteiger charge is 2.24. The van der Waals surface area contributed by atoms with Crippen LogP contribution in [0, 0.1) is 0 Å². The highest BCUT2D eigenvalue weighted by molar-refractivity contribution is 5.83. The highest BCUT2D eigenvalue weighted by Crippen LogP contribution is 2.20. The van der Waals surface area contributed by atoms with Crippen LogP contribution in [-0.4, -0.2) is 55.4 Å². The molecular weight excluding hydrogens is 338 g/mol. The predicted molar refractivity (Wildman–Crippen MR) is 107 cm³/mol. The molecule has 0 saturated carbocycles. The number of nitrogens with zero attached hydrogens (tertiary/aromatic N) is 2. The standard InChI is InChI=1S/C22H25N3O2/c26-20(17-27-21-9-8-18-5-1-2-6-19(18)15-21)16-24-11-13-25(14-12-24)22-7-3-4-10-23-22/h1-10,15,20,26H,11-14,16-17H2/p+1/t20-/m1/s1. The van der Waals surface area contributed by atoms with E-state index in [-0.39, 0.29) is 0 Å². The van der Waals surface area contributed by atoms with Crippen LogP contribution in [0.1, 0.15) is 0 Å². The second-order valence-electron chi connectivity index (χ2n) is 7.01. The number of nitrogens with one attached hydrogen (secondary N) is 1. The molecule has 0 unspecified atom stereocenters. The van der Waals surface area contributed by atoms with Gasteiger partial charge >= 0.3 is 0 Å². The maximum atomic E-state index is 10.4. The Labute approximate surface area is 159 Å². The van der Waals surface area contributed by atoms with Gasteiger partial charge in [-0.2, -0.15) is 0 Å². The highest BCUT2D eigenvalue weighted by atomic mass is 16.5. The van der Waals surface area contributed by atoms with Crippen LogP contribution < -0.4 is 14.6 Å². The van der Waals surface area contributed by atoms with E-state index in [9.17, 15) is 5.11 Å². The van der Waals surface area contributed by atoms with Crippen molar-refractivity contribution in [3.63, 3.8) is 0 Å². The van der Waals surface area contributed by atoms with Crippen molar-refractivity contribution < 1.29 is 14.8 Å². The lowest BCUT2D eigenvalue weighted by Gasteiger charge is -2.32. The molecule has 1 saturated heterocycles. The van der Waals surface area contributed by atoms with Crippen molar-refractivity contribution in [2.45, 2.75) is 6.10 Å². The number of aliphatic hydroxyl groups excluding tert-OH is 1. The Morgan fingerprint density at radius 2 is 1.70 bits per heavy atom. The van der Waals surface area contributed by atoms with Gasteiger partial charge in [0, 0.05) is 25.7 Å². The number of pyridine rings is 1. The summed E-state index contributed by atoms with van der Waals surface area (Å²) < 4.78 is 5.82. The average molecular weight is 364 g/mol. The van der Waals surface area contributed by atoms with E-state index >= 15 is 0 Å². The molecular formula is C22H26N3O2+. The molecule has 1 aliphatic heterocycles. The number of ether oxygens (including phenoxy) is 1. The zero-order valence-corrected chi connectivity index (χ0v) is 15.4. The molecule has 0 aliphatic carbocycles. The predicted octanol–water partition coefficient (Wildman–Crippen LogP) is 2.22. The second-order valence-corrected chi connectivity index (χ2v) is 7.01. The third-order valence-corrected chi connectivity index (χ3v) is 5.04. The van der Waals surface area contributed by atoms with Gasteiger partial charge in [-0.3, -0.25) is 9.80 Å². The van der Waals surface area contributed by atoms with E-state index in [1.807, 2.05) is 42.6 Å². The van der Waals surface area contributed by atoms with E-state index in [0.29, 0.717) is 13.2 Å². The Morgan fingerprint density at radius 3 is 2.48 bits per heavy atom. The van der Waals surface area contributed by atoms with E-state index in [0.717, 1.165) is 43.1 Å². The maximum absolute atomic E-state index is 10.4. The molecule has 1 aromatic heterocycles. The van der Waals surface area contributed by atoms with Gasteiger partial charge in [0.15, 0.2) is 0 Å². The normalized spacial score (nSPS) is 16.4. The second kappa shape index (κ2) is 8.37. The molecule has 1 aliphatic rings. The number of H-pyrrole nitrogens is 1. The van der Waals surface area contributed by atoms with Crippen LogP contribution in [0.25, 0.3) is 10.8 Å². The number of aromatic amines is 1. The monoisotopic (exact) mass is 364 g/mol. The zero-order valence-electron chi connectivity index (χ0n) is 15.4. The number of β-amino-alcohol motifs (C(OH)–C–C–N with tert-alkyl or cyclic N) is 1. The van der Waals surface area contributed by atoms with Gasteiger partial charge in [-0.05, 0) is 29.0 Å². The van der Waals surface area contributed by atoms with Gasteiger partial charge in [0.1, 0.15) is 18.5 Å². The molecule has 0 bridgehead atoms. The van der Waals surface area contributed by atoms with Crippen LogP contribution in [0.5, 0.6) is 5.75 Å². The Hall–Kier alpha value is -2.63. The first-order valence-electron chi connectivity index (χ1n) is 9.51. The summed E-state index contributed by atoms with van der Waals surface area (Å²) in [5, 5.41) is 12.7. The summed E-state index contributed by atoms with van der Waals surface area (Å²) in [6.07, 6.45) is 1.46. The summed E-state index contributed by atoms with van der Waals surface area (Å²) in [6, 6.07) is 20.4. The van der Waals surface area contributed by atoms with Crippen molar-refractivity contribution >= 4 is 16.6 Å². The smallest absolute Gasteiger partial charge is 0.274 e. The minimum Gasteiger partial charge on any atom is -0.491 e. The topological polar surface area (TPSA) is 50.1 Å². The van der Waals surface area contributed by atoms with E-state index in [2.05, 4.69) is 39.0 Å². The van der Waals surface area contributed by atoms with Gasteiger partial charge in [-0.15, -0.1) is 0 Å². The lowest BCUT2D eigenvalue weighted by atomic mass is 10.1. The van der Waals surface area contributed by atoms with Crippen molar-refractivity contribution in [2.75, 3.05) is 44.2 Å². The van der Waals surface area contributed by atoms with Gasteiger partial charge in [0.2, 0.25) is 0 Å². The Kier molecular flexibility index (Phi) is 5.51. The number of hydrogen-bond acceptors (Lipinski definition) is 4. The molecule has 140 valence electrons. The summed E-state index contributed by atoms with van der Waals surface area (Å²) >= 11 is 0. The first kappa shape index (κ1) is 17.8. The molecule has 5 nitrogen and oxygen atoms in total. The number of hydrogen-bond donors (Lipinski definition) is 1. The fraction of sp³-hybridized carbons (Fsp3) is 0.318. The van der Waals surface area contributed by atoms with Crippen molar-refractivity contribution in [3.05, 3.63) is 66.9 Å². The minimum atomic E-state index is -0.494. The third kappa shape index (κ3) is 4.56. The molecule has 5 heteroatoms. The molecule has 2 aromatic carbocycles. The lowest BCUT2D eigenvalue weighted by molar-refractivity contribution is -0.364. The molecule has 3 aromatic rings. The molecule has 27 heavy (non-hydrogen) atoms. The molecule has 1 atom stereocenters. The van der Waals surface area contributed by atoms with Crippen LogP contribution in [0.15, 0.2) is 66.9 Å². The summed E-state index contributed by atoms with van der Waals surface area (Å²) in [5.41, 5.74) is 0. The summed E-state index contributed by atoms with van der Waals surface area (Å²) in [4.78, 5) is 7.92. The van der Waals surface area contributed by atoms with E-state index < -0.39 is 6.10 Å². The largest absolute Gasteiger partial charge is 0.491 e. The van der Waals surface area contributed by atoms with Crippen LogP contribution in [0.3, 0.4) is 0 Å². The fourth-order valence-electron chi connectivity index (χ4n) is 3.55. The number of rotatable bonds is 6. The summed E-state index contributed by atoms with van der Waals surface area (Å²) in [7, 11) is 0. The molecule has 0 spiro atoms. The maximum Gasteiger partial charge on any atom is 0.274 e. The summed E-state index contributed by atoms with van der Waals surface area (Å²) in [5.74, 6) is 1.95. The van der Waals surface area contributed by atoms with Crippen LogP contribution in [0.2, 0.25) is 0 Å². The molecule has 1 fully saturated rings. The van der Waals surface area contributed by atoms with Gasteiger partial charge in [0.25, 0.3) is 5.82 Å². The van der Waals surface area contributed by atoms with Crippen LogP contribution in [0.4, 0.5) is 5.82 Å². The third-order valence-electron chi connectivity index (χ3n) is 5.04. The number of piperazine rings is 1. The fourth-order valence-corrected chi connectivity index (χ4v) is 3.55. The van der Waals surface area contributed by atoms with Gasteiger partial charge in [-0.1, -0.05) is 36.4 Å². The SMILES string of the molecule is O[C@@H](COc1ccc2ccccc2c1)CN1CCN(c2cccc[nH+]2)CC1. The van der Waals surface area contributed by atoms with Crippen molar-refractivity contribution in [2.24, 2.45) is 0 Å². The zero-order chi connectivity index (χ0) is 18.5. The van der Waals surface area contributed by atoms with E-state index in [1.165, 1.54) is 5.39 Å². The van der Waals surface area contributed by atoms with E-state index in [4.69, 9.17) is 4.74 Å². The number of fused-ring (bicyclic) bond motifs is 1. The Bertz CT molecular complexity index is 864. The summed E-state index contributed by atoms with van der Waals surface area (Å²) in [6.45, 7) is 4.74. The molecule has 2 heterocycles. The number of aliphatic hydroxyl groups is 1. The Balaban J connectivity index is 1.24. The molecule has 0 amide bonds. The molecule has 4 rings (SSSR count). The first-order chi connectivity index (χ1) is 13.3.